The maximum absolute atomic E-state index is 12.7. The molecular formula is C24H25N3O3S. The van der Waals surface area contributed by atoms with Gasteiger partial charge in [0.25, 0.3) is 5.91 Å². The van der Waals surface area contributed by atoms with Gasteiger partial charge in [-0.05, 0) is 53.8 Å². The predicted octanol–water partition coefficient (Wildman–Crippen LogP) is 5.55. The van der Waals surface area contributed by atoms with Gasteiger partial charge in [-0.15, -0.1) is 0 Å². The molecule has 2 aromatic carbocycles. The van der Waals surface area contributed by atoms with E-state index < -0.39 is 5.91 Å². The molecule has 0 radical (unpaired) electrons. The molecule has 0 spiro atoms. The van der Waals surface area contributed by atoms with E-state index in [0.29, 0.717) is 28.8 Å². The summed E-state index contributed by atoms with van der Waals surface area (Å²) in [5.74, 6) is 0.633. The third-order valence-electron chi connectivity index (χ3n) is 4.64. The van der Waals surface area contributed by atoms with Gasteiger partial charge in [0.05, 0.1) is 23.9 Å². The van der Waals surface area contributed by atoms with E-state index in [9.17, 15) is 10.1 Å². The number of hydrogen-bond acceptors (Lipinski definition) is 6. The molecule has 1 heterocycles. The second kappa shape index (κ2) is 9.19. The normalized spacial score (nSPS) is 11.8. The van der Waals surface area contributed by atoms with E-state index in [-0.39, 0.29) is 11.0 Å². The van der Waals surface area contributed by atoms with Crippen LogP contribution in [-0.4, -0.2) is 24.6 Å². The number of carbonyl (C=O) groups excluding carboxylic acids is 1. The Morgan fingerprint density at radius 3 is 2.65 bits per heavy atom. The zero-order chi connectivity index (χ0) is 22.6. The Hall–Kier alpha value is -3.37. The van der Waals surface area contributed by atoms with Crippen LogP contribution in [0, 0.1) is 11.3 Å². The van der Waals surface area contributed by atoms with Crippen molar-refractivity contribution in [2.75, 3.05) is 19.0 Å². The number of anilines is 1. The first-order valence-electron chi connectivity index (χ1n) is 9.90. The van der Waals surface area contributed by atoms with Crippen molar-refractivity contribution in [2.45, 2.75) is 33.1 Å². The fourth-order valence-electron chi connectivity index (χ4n) is 2.97. The second-order valence-electron chi connectivity index (χ2n) is 7.92. The first-order chi connectivity index (χ1) is 14.7. The molecular weight excluding hydrogens is 410 g/mol. The van der Waals surface area contributed by atoms with Crippen LogP contribution in [0.15, 0.2) is 42.0 Å². The molecule has 0 aliphatic heterocycles. The van der Waals surface area contributed by atoms with E-state index >= 15 is 0 Å². The first-order valence-corrected chi connectivity index (χ1v) is 10.7. The number of nitriles is 1. The van der Waals surface area contributed by atoms with E-state index in [1.807, 2.05) is 25.1 Å². The molecule has 0 fully saturated rings. The number of aromatic nitrogens is 1. The molecule has 0 aliphatic rings. The summed E-state index contributed by atoms with van der Waals surface area (Å²) in [7, 11) is 1.54. The summed E-state index contributed by atoms with van der Waals surface area (Å²) in [6, 6.07) is 13.3. The average Bonchev–Trinajstić information content (AvgIpc) is 3.13. The number of fused-ring (bicyclic) bond motifs is 1. The highest BCUT2D eigenvalue weighted by atomic mass is 32.1. The second-order valence-corrected chi connectivity index (χ2v) is 8.95. The molecule has 1 aromatic heterocycles. The highest BCUT2D eigenvalue weighted by Crippen LogP contribution is 2.32. The SMILES string of the molecule is CCOc1ccc(/C=C(\C#N)C(=O)Nc2nc3ccc(C(C)(C)C)cc3s2)cc1OC. The predicted molar refractivity (Wildman–Crippen MR) is 125 cm³/mol. The molecule has 0 saturated heterocycles. The Kier molecular flexibility index (Phi) is 6.62. The summed E-state index contributed by atoms with van der Waals surface area (Å²) in [5, 5.41) is 12.7. The number of nitrogens with one attached hydrogen (secondary N) is 1. The Morgan fingerprint density at radius 1 is 1.23 bits per heavy atom. The van der Waals surface area contributed by atoms with E-state index in [2.05, 4.69) is 37.1 Å². The summed E-state index contributed by atoms with van der Waals surface area (Å²) in [5.41, 5.74) is 2.67. The van der Waals surface area contributed by atoms with Crippen LogP contribution < -0.4 is 14.8 Å². The van der Waals surface area contributed by atoms with Gasteiger partial charge in [-0.25, -0.2) is 4.98 Å². The Labute approximate surface area is 186 Å². The fraction of sp³-hybridized carbons (Fsp3) is 0.292. The molecule has 3 aromatic rings. The molecule has 0 unspecified atom stereocenters. The lowest BCUT2D eigenvalue weighted by Crippen LogP contribution is -2.13. The number of methoxy groups -OCH3 is 1. The van der Waals surface area contributed by atoms with Crippen molar-refractivity contribution < 1.29 is 14.3 Å². The molecule has 1 amide bonds. The van der Waals surface area contributed by atoms with E-state index in [1.165, 1.54) is 23.0 Å². The quantitative estimate of drug-likeness (QED) is 0.405. The van der Waals surface area contributed by atoms with Crippen LogP contribution in [-0.2, 0) is 10.2 Å². The summed E-state index contributed by atoms with van der Waals surface area (Å²) in [4.78, 5) is 17.2. The molecule has 0 atom stereocenters. The van der Waals surface area contributed by atoms with Crippen molar-refractivity contribution in [1.82, 2.24) is 4.98 Å². The molecule has 3 rings (SSSR count). The summed E-state index contributed by atoms with van der Waals surface area (Å²) >= 11 is 1.39. The third-order valence-corrected chi connectivity index (χ3v) is 5.57. The van der Waals surface area contributed by atoms with Crippen LogP contribution in [0.25, 0.3) is 16.3 Å². The average molecular weight is 436 g/mol. The summed E-state index contributed by atoms with van der Waals surface area (Å²) in [6.07, 6.45) is 1.51. The van der Waals surface area contributed by atoms with Gasteiger partial charge in [-0.3, -0.25) is 10.1 Å². The van der Waals surface area contributed by atoms with Crippen molar-refractivity contribution in [3.63, 3.8) is 0 Å². The molecule has 6 nitrogen and oxygen atoms in total. The van der Waals surface area contributed by atoms with E-state index in [0.717, 1.165) is 10.2 Å². The highest BCUT2D eigenvalue weighted by Gasteiger charge is 2.17. The number of rotatable bonds is 6. The van der Waals surface area contributed by atoms with Crippen LogP contribution in [0.3, 0.4) is 0 Å². The van der Waals surface area contributed by atoms with Crippen molar-refractivity contribution in [1.29, 1.82) is 5.26 Å². The van der Waals surface area contributed by atoms with Crippen LogP contribution in [0.1, 0.15) is 38.8 Å². The van der Waals surface area contributed by atoms with Gasteiger partial charge in [0.15, 0.2) is 16.6 Å². The minimum atomic E-state index is -0.509. The first kappa shape index (κ1) is 22.3. The van der Waals surface area contributed by atoms with Crippen molar-refractivity contribution >= 4 is 38.7 Å². The van der Waals surface area contributed by atoms with Crippen LogP contribution in [0.4, 0.5) is 5.13 Å². The minimum Gasteiger partial charge on any atom is -0.493 e. The van der Waals surface area contributed by atoms with Gasteiger partial charge in [0.1, 0.15) is 11.6 Å². The fourth-order valence-corrected chi connectivity index (χ4v) is 3.87. The molecule has 7 heteroatoms. The summed E-state index contributed by atoms with van der Waals surface area (Å²) in [6.45, 7) is 8.85. The number of amides is 1. The lowest BCUT2D eigenvalue weighted by atomic mass is 9.87. The maximum atomic E-state index is 12.7. The molecule has 0 saturated carbocycles. The molecule has 0 bridgehead atoms. The van der Waals surface area contributed by atoms with Gasteiger partial charge in [0.2, 0.25) is 0 Å². The number of ether oxygens (including phenoxy) is 2. The minimum absolute atomic E-state index is 0.0249. The standard InChI is InChI=1S/C24H25N3O3S/c1-6-30-19-10-7-15(12-20(19)29-5)11-16(14-25)22(28)27-23-26-18-9-8-17(24(2,3)4)13-21(18)31-23/h7-13H,6H2,1-5H3,(H,26,27,28)/b16-11+. The van der Waals surface area contributed by atoms with E-state index in [4.69, 9.17) is 9.47 Å². The van der Waals surface area contributed by atoms with Crippen molar-refractivity contribution in [3.8, 4) is 17.6 Å². The zero-order valence-corrected chi connectivity index (χ0v) is 19.1. The molecule has 31 heavy (non-hydrogen) atoms. The smallest absolute Gasteiger partial charge is 0.268 e. The number of carbonyl (C=O) groups is 1. The Morgan fingerprint density at radius 2 is 2.00 bits per heavy atom. The van der Waals surface area contributed by atoms with Crippen molar-refractivity contribution in [2.24, 2.45) is 0 Å². The Balaban J connectivity index is 1.83. The van der Waals surface area contributed by atoms with Gasteiger partial charge in [0, 0.05) is 0 Å². The molecule has 160 valence electrons. The van der Waals surface area contributed by atoms with Crippen LogP contribution in [0.2, 0.25) is 0 Å². The topological polar surface area (TPSA) is 84.2 Å². The number of hydrogen-bond donors (Lipinski definition) is 1. The largest absolute Gasteiger partial charge is 0.493 e. The number of thiazole rings is 1. The van der Waals surface area contributed by atoms with Gasteiger partial charge >= 0.3 is 0 Å². The van der Waals surface area contributed by atoms with Gasteiger partial charge in [-0.2, -0.15) is 5.26 Å². The lowest BCUT2D eigenvalue weighted by molar-refractivity contribution is -0.112. The van der Waals surface area contributed by atoms with Crippen molar-refractivity contribution in [3.05, 3.63) is 53.1 Å². The zero-order valence-electron chi connectivity index (χ0n) is 18.3. The lowest BCUT2D eigenvalue weighted by Gasteiger charge is -2.18. The van der Waals surface area contributed by atoms with E-state index in [1.54, 1.807) is 25.3 Å². The summed E-state index contributed by atoms with van der Waals surface area (Å²) < 4.78 is 11.8. The molecule has 1 N–H and O–H groups in total. The number of benzene rings is 2. The Bertz CT molecular complexity index is 1180. The monoisotopic (exact) mass is 435 g/mol. The van der Waals surface area contributed by atoms with Gasteiger partial charge < -0.3 is 9.47 Å². The maximum Gasteiger partial charge on any atom is 0.268 e. The molecule has 0 aliphatic carbocycles. The number of nitrogens with zero attached hydrogens (tertiary/aromatic N) is 2. The third kappa shape index (κ3) is 5.22. The highest BCUT2D eigenvalue weighted by molar-refractivity contribution is 7.22. The van der Waals surface area contributed by atoms with Crippen LogP contribution in [0.5, 0.6) is 11.5 Å². The van der Waals surface area contributed by atoms with Gasteiger partial charge in [-0.1, -0.05) is 44.2 Å². The van der Waals surface area contributed by atoms with Crippen LogP contribution >= 0.6 is 11.3 Å².